The van der Waals surface area contributed by atoms with Crippen LogP contribution in [0.15, 0.2) is 41.1 Å². The maximum Gasteiger partial charge on any atom is 0.303 e. The average molecular weight is 551 g/mol. The van der Waals surface area contributed by atoms with Crippen molar-refractivity contribution < 1.29 is 28.5 Å². The van der Waals surface area contributed by atoms with E-state index in [9.17, 15) is 4.79 Å². The fourth-order valence-electron chi connectivity index (χ4n) is 4.13. The van der Waals surface area contributed by atoms with E-state index in [2.05, 4.69) is 31.2 Å². The fraction of sp³-hybridized carbons (Fsp3) is 0.348. The molecule has 0 aliphatic carbocycles. The summed E-state index contributed by atoms with van der Waals surface area (Å²) in [7, 11) is 1.57. The first-order chi connectivity index (χ1) is 16.4. The Labute approximate surface area is 208 Å². The number of ether oxygens (including phenoxy) is 5. The summed E-state index contributed by atoms with van der Waals surface area (Å²) in [6.45, 7) is 1.94. The second kappa shape index (κ2) is 9.53. The van der Waals surface area contributed by atoms with Crippen molar-refractivity contribution in [3.8, 4) is 11.5 Å². The molecule has 3 heterocycles. The molecular formula is C23H21BrClN3O6. The quantitative estimate of drug-likeness (QED) is 0.451. The van der Waals surface area contributed by atoms with Gasteiger partial charge in [0, 0.05) is 28.5 Å². The van der Waals surface area contributed by atoms with Gasteiger partial charge in [-0.2, -0.15) is 0 Å². The second-order valence-electron chi connectivity index (χ2n) is 7.90. The van der Waals surface area contributed by atoms with Crippen molar-refractivity contribution in [1.29, 1.82) is 0 Å². The van der Waals surface area contributed by atoms with Crippen molar-refractivity contribution in [3.05, 3.63) is 46.2 Å². The van der Waals surface area contributed by atoms with Gasteiger partial charge in [0.1, 0.15) is 24.4 Å². The topological polar surface area (TPSA) is 101 Å². The van der Waals surface area contributed by atoms with Gasteiger partial charge in [-0.1, -0.05) is 11.6 Å². The Morgan fingerprint density at radius 1 is 1.12 bits per heavy atom. The summed E-state index contributed by atoms with van der Waals surface area (Å²) in [5, 5.41) is 4.61. The molecule has 0 spiro atoms. The predicted molar refractivity (Wildman–Crippen MR) is 128 cm³/mol. The third-order valence-corrected chi connectivity index (χ3v) is 6.89. The number of nitrogens with zero attached hydrogens (tertiary/aromatic N) is 2. The van der Waals surface area contributed by atoms with Crippen LogP contribution in [0.25, 0.3) is 10.9 Å². The van der Waals surface area contributed by atoms with E-state index in [1.165, 1.54) is 13.3 Å². The molecule has 2 fully saturated rings. The minimum atomic E-state index is -0.442. The summed E-state index contributed by atoms with van der Waals surface area (Å²) in [5.41, 5.74) is 1.44. The van der Waals surface area contributed by atoms with Crippen molar-refractivity contribution in [1.82, 2.24) is 9.97 Å². The zero-order valence-corrected chi connectivity index (χ0v) is 20.6. The molecule has 4 atom stereocenters. The number of anilines is 2. The Morgan fingerprint density at radius 3 is 2.62 bits per heavy atom. The lowest BCUT2D eigenvalue weighted by Gasteiger charge is -2.20. The molecule has 2 saturated heterocycles. The molecule has 0 saturated carbocycles. The number of rotatable bonds is 6. The van der Waals surface area contributed by atoms with Gasteiger partial charge in [0.25, 0.3) is 0 Å². The monoisotopic (exact) mass is 549 g/mol. The maximum atomic E-state index is 11.3. The van der Waals surface area contributed by atoms with Gasteiger partial charge in [-0.05, 0) is 40.2 Å². The first-order valence-electron chi connectivity index (χ1n) is 10.5. The molecule has 0 radical (unpaired) electrons. The molecule has 2 aromatic carbocycles. The Bertz CT molecular complexity index is 1240. The van der Waals surface area contributed by atoms with Gasteiger partial charge in [0.2, 0.25) is 0 Å². The van der Waals surface area contributed by atoms with E-state index in [4.69, 9.17) is 35.3 Å². The normalized spacial score (nSPS) is 23.5. The van der Waals surface area contributed by atoms with Crippen LogP contribution >= 0.6 is 27.5 Å². The van der Waals surface area contributed by atoms with E-state index in [0.29, 0.717) is 34.5 Å². The molecule has 1 N–H and O–H groups in total. The molecule has 34 heavy (non-hydrogen) atoms. The zero-order valence-electron chi connectivity index (χ0n) is 18.3. The highest BCUT2D eigenvalue weighted by Gasteiger charge is 2.50. The van der Waals surface area contributed by atoms with Gasteiger partial charge in [-0.3, -0.25) is 4.79 Å². The number of carbonyl (C=O) groups is 1. The summed E-state index contributed by atoms with van der Waals surface area (Å²) in [4.78, 5) is 20.1. The highest BCUT2D eigenvalue weighted by molar-refractivity contribution is 9.10. The lowest BCUT2D eigenvalue weighted by Crippen LogP contribution is -2.36. The number of hydrogen-bond donors (Lipinski definition) is 1. The number of carbonyl (C=O) groups excluding carboxylic acids is 1. The van der Waals surface area contributed by atoms with Crippen LogP contribution in [0.5, 0.6) is 11.5 Å². The number of hydrogen-bond acceptors (Lipinski definition) is 9. The molecule has 0 amide bonds. The molecule has 1 aromatic heterocycles. The zero-order chi connectivity index (χ0) is 23.8. The van der Waals surface area contributed by atoms with Crippen LogP contribution < -0.4 is 14.8 Å². The Morgan fingerprint density at radius 2 is 1.88 bits per heavy atom. The van der Waals surface area contributed by atoms with Crippen LogP contribution in [-0.4, -0.2) is 60.7 Å². The summed E-state index contributed by atoms with van der Waals surface area (Å²) in [6, 6.07) is 9.16. The van der Waals surface area contributed by atoms with Crippen molar-refractivity contribution in [2.45, 2.75) is 31.3 Å². The van der Waals surface area contributed by atoms with Crippen LogP contribution in [0.1, 0.15) is 6.92 Å². The second-order valence-corrected chi connectivity index (χ2v) is 9.16. The number of halogens is 2. The van der Waals surface area contributed by atoms with Crippen LogP contribution in [0.3, 0.4) is 0 Å². The lowest BCUT2D eigenvalue weighted by atomic mass is 10.1. The SMILES string of the molecule is COc1cc2c(Nc3ccc(Br)c(Cl)c3)ncnc2cc1O[C@H]1CO[C@H]2[C@@H]1OC[C@@H]2OC(C)=O. The summed E-state index contributed by atoms with van der Waals surface area (Å²) in [5.74, 6) is 1.24. The first kappa shape index (κ1) is 23.1. The largest absolute Gasteiger partial charge is 0.493 e. The first-order valence-corrected chi connectivity index (χ1v) is 11.7. The van der Waals surface area contributed by atoms with E-state index in [-0.39, 0.29) is 30.9 Å². The van der Waals surface area contributed by atoms with Gasteiger partial charge in [0.15, 0.2) is 23.7 Å². The Balaban J connectivity index is 1.40. The summed E-state index contributed by atoms with van der Waals surface area (Å²) in [6.07, 6.45) is -0.0741. The van der Waals surface area contributed by atoms with E-state index in [0.717, 1.165) is 15.5 Å². The number of esters is 1. The molecule has 3 aromatic rings. The standard InChI is InChI=1S/C23H21BrClN3O6/c1-11(29)33-19-8-31-22-20(9-32-21(19)22)34-18-7-16-13(6-17(18)30-2)23(27-10-26-16)28-12-3-4-14(24)15(25)5-12/h3-7,10,19-22H,8-9H2,1-2H3,(H,26,27,28)/t19-,20-,21+,22+/m0/s1. The van der Waals surface area contributed by atoms with Crippen LogP contribution in [0.2, 0.25) is 5.02 Å². The van der Waals surface area contributed by atoms with Gasteiger partial charge >= 0.3 is 5.97 Å². The van der Waals surface area contributed by atoms with Crippen molar-refractivity contribution >= 4 is 55.9 Å². The van der Waals surface area contributed by atoms with Crippen molar-refractivity contribution in [2.75, 3.05) is 25.6 Å². The highest BCUT2D eigenvalue weighted by atomic mass is 79.9. The van der Waals surface area contributed by atoms with Gasteiger partial charge in [-0.25, -0.2) is 9.97 Å². The third kappa shape index (κ3) is 4.50. The van der Waals surface area contributed by atoms with Gasteiger partial charge in [-0.15, -0.1) is 0 Å². The number of methoxy groups -OCH3 is 1. The number of benzene rings is 2. The summed E-state index contributed by atoms with van der Waals surface area (Å²) >= 11 is 9.61. The highest BCUT2D eigenvalue weighted by Crippen LogP contribution is 2.38. The molecular weight excluding hydrogens is 530 g/mol. The molecule has 0 bridgehead atoms. The van der Waals surface area contributed by atoms with E-state index in [1.807, 2.05) is 18.2 Å². The molecule has 11 heteroatoms. The molecule has 9 nitrogen and oxygen atoms in total. The third-order valence-electron chi connectivity index (χ3n) is 5.66. The number of fused-ring (bicyclic) bond motifs is 2. The van der Waals surface area contributed by atoms with E-state index >= 15 is 0 Å². The van der Waals surface area contributed by atoms with Gasteiger partial charge < -0.3 is 29.0 Å². The van der Waals surface area contributed by atoms with Crippen molar-refractivity contribution in [3.63, 3.8) is 0 Å². The summed E-state index contributed by atoms with van der Waals surface area (Å²) < 4.78 is 29.6. The average Bonchev–Trinajstić information content (AvgIpc) is 3.39. The molecule has 2 aliphatic rings. The lowest BCUT2D eigenvalue weighted by molar-refractivity contribution is -0.150. The maximum absolute atomic E-state index is 11.3. The Hall–Kier alpha value is -2.66. The van der Waals surface area contributed by atoms with Crippen LogP contribution in [0.4, 0.5) is 11.5 Å². The number of aromatic nitrogens is 2. The van der Waals surface area contributed by atoms with Crippen LogP contribution in [0, 0.1) is 0 Å². The van der Waals surface area contributed by atoms with Crippen molar-refractivity contribution in [2.24, 2.45) is 0 Å². The molecule has 2 aliphatic heterocycles. The molecule has 178 valence electrons. The Kier molecular flexibility index (Phi) is 6.48. The predicted octanol–water partition coefficient (Wildman–Crippen LogP) is 4.27. The molecule has 5 rings (SSSR count). The van der Waals surface area contributed by atoms with Gasteiger partial charge in [0.05, 0.1) is 30.9 Å². The van der Waals surface area contributed by atoms with E-state index in [1.54, 1.807) is 19.2 Å². The smallest absolute Gasteiger partial charge is 0.303 e. The fourth-order valence-corrected chi connectivity index (χ4v) is 4.56. The number of nitrogens with one attached hydrogen (secondary N) is 1. The molecule has 0 unspecified atom stereocenters. The van der Waals surface area contributed by atoms with Crippen LogP contribution in [-0.2, 0) is 19.0 Å². The minimum Gasteiger partial charge on any atom is -0.493 e. The minimum absolute atomic E-state index is 0.270. The van der Waals surface area contributed by atoms with E-state index < -0.39 is 6.10 Å².